The number of carbonyl (C=O) groups excluding carboxylic acids is 1. The quantitative estimate of drug-likeness (QED) is 0.650. The highest BCUT2D eigenvalue weighted by atomic mass is 16.3. The molecule has 1 aliphatic rings. The summed E-state index contributed by atoms with van der Waals surface area (Å²) in [5.41, 5.74) is 0. The van der Waals surface area contributed by atoms with E-state index in [-0.39, 0.29) is 18.4 Å². The van der Waals surface area contributed by atoms with Gasteiger partial charge >= 0.3 is 0 Å². The predicted octanol–water partition coefficient (Wildman–Crippen LogP) is 1.87. The molecule has 0 bridgehead atoms. The molecule has 0 heterocycles. The zero-order valence-electron chi connectivity index (χ0n) is 10.1. The number of hydrogen-bond acceptors (Lipinski definition) is 2. The van der Waals surface area contributed by atoms with Crippen LogP contribution in [0, 0.1) is 11.8 Å². The highest BCUT2D eigenvalue weighted by molar-refractivity contribution is 5.79. The number of rotatable bonds is 7. The van der Waals surface area contributed by atoms with E-state index in [0.29, 0.717) is 12.5 Å². The Morgan fingerprint density at radius 3 is 2.69 bits per heavy atom. The third-order valence-corrected chi connectivity index (χ3v) is 3.18. The van der Waals surface area contributed by atoms with E-state index in [9.17, 15) is 4.79 Å². The first-order valence-corrected chi connectivity index (χ1v) is 6.31. The second-order valence-corrected chi connectivity index (χ2v) is 4.55. The molecule has 0 aromatic heterocycles. The molecule has 1 unspecified atom stereocenters. The summed E-state index contributed by atoms with van der Waals surface area (Å²) in [5.74, 6) is 0.744. The van der Waals surface area contributed by atoms with Gasteiger partial charge in [-0.3, -0.25) is 4.79 Å². The van der Waals surface area contributed by atoms with E-state index in [1.807, 2.05) is 0 Å². The first-order chi connectivity index (χ1) is 7.77. The fraction of sp³-hybridized carbons (Fsp3) is 0.769. The van der Waals surface area contributed by atoms with Crippen LogP contribution < -0.4 is 5.32 Å². The average Bonchev–Trinajstić information content (AvgIpc) is 2.79. The molecule has 92 valence electrons. The topological polar surface area (TPSA) is 49.3 Å². The molecule has 1 atom stereocenters. The van der Waals surface area contributed by atoms with Crippen molar-refractivity contribution in [1.29, 1.82) is 0 Å². The highest BCUT2D eigenvalue weighted by Gasteiger charge is 2.19. The standard InChI is InChI=1S/C13H23NO2/c1-2-5-11(8-9-15)10-14-13(16)12-6-3-4-7-12/h3-4,11-12,15H,2,5-10H2,1H3,(H,14,16). The van der Waals surface area contributed by atoms with Crippen molar-refractivity contribution in [3.05, 3.63) is 12.2 Å². The Kier molecular flexibility index (Phi) is 6.16. The number of nitrogens with one attached hydrogen (secondary N) is 1. The van der Waals surface area contributed by atoms with Crippen molar-refractivity contribution in [3.63, 3.8) is 0 Å². The van der Waals surface area contributed by atoms with E-state index in [2.05, 4.69) is 24.4 Å². The highest BCUT2D eigenvalue weighted by Crippen LogP contribution is 2.18. The van der Waals surface area contributed by atoms with Crippen molar-refractivity contribution in [2.75, 3.05) is 13.2 Å². The molecule has 0 aromatic rings. The lowest BCUT2D eigenvalue weighted by Gasteiger charge is -2.17. The van der Waals surface area contributed by atoms with Crippen molar-refractivity contribution in [2.45, 2.75) is 39.0 Å². The summed E-state index contributed by atoms with van der Waals surface area (Å²) in [6.07, 6.45) is 8.86. The first-order valence-electron chi connectivity index (χ1n) is 6.31. The van der Waals surface area contributed by atoms with Gasteiger partial charge in [0.25, 0.3) is 0 Å². The molecule has 0 saturated heterocycles. The first kappa shape index (κ1) is 13.2. The number of carbonyl (C=O) groups is 1. The molecular formula is C13H23NO2. The Morgan fingerprint density at radius 1 is 1.44 bits per heavy atom. The Balaban J connectivity index is 2.22. The number of amides is 1. The van der Waals surface area contributed by atoms with Gasteiger partial charge in [0.2, 0.25) is 5.91 Å². The molecule has 0 aliphatic heterocycles. The van der Waals surface area contributed by atoms with Gasteiger partial charge in [-0.1, -0.05) is 25.5 Å². The van der Waals surface area contributed by atoms with Crippen LogP contribution in [0.2, 0.25) is 0 Å². The molecule has 0 radical (unpaired) electrons. The molecule has 3 nitrogen and oxygen atoms in total. The van der Waals surface area contributed by atoms with Gasteiger partial charge in [-0.15, -0.1) is 0 Å². The Bertz CT molecular complexity index is 224. The number of hydrogen-bond donors (Lipinski definition) is 2. The van der Waals surface area contributed by atoms with Crippen LogP contribution in [0.5, 0.6) is 0 Å². The third-order valence-electron chi connectivity index (χ3n) is 3.18. The van der Waals surface area contributed by atoms with Crippen molar-refractivity contribution < 1.29 is 9.90 Å². The van der Waals surface area contributed by atoms with E-state index in [4.69, 9.17) is 5.11 Å². The average molecular weight is 225 g/mol. The van der Waals surface area contributed by atoms with Gasteiger partial charge in [0.05, 0.1) is 0 Å². The summed E-state index contributed by atoms with van der Waals surface area (Å²) < 4.78 is 0. The van der Waals surface area contributed by atoms with Gasteiger partial charge in [-0.25, -0.2) is 0 Å². The molecule has 2 N–H and O–H groups in total. The molecule has 1 rings (SSSR count). The molecule has 1 aliphatic carbocycles. The lowest BCUT2D eigenvalue weighted by atomic mass is 9.99. The summed E-state index contributed by atoms with van der Waals surface area (Å²) in [6.45, 7) is 3.06. The second kappa shape index (κ2) is 7.44. The summed E-state index contributed by atoms with van der Waals surface area (Å²) >= 11 is 0. The lowest BCUT2D eigenvalue weighted by molar-refractivity contribution is -0.124. The molecule has 0 fully saturated rings. The van der Waals surface area contributed by atoms with Gasteiger partial charge in [0.1, 0.15) is 0 Å². The van der Waals surface area contributed by atoms with Crippen LogP contribution in [0.3, 0.4) is 0 Å². The van der Waals surface area contributed by atoms with Crippen LogP contribution in [0.15, 0.2) is 12.2 Å². The van der Waals surface area contributed by atoms with Gasteiger partial charge in [0, 0.05) is 19.1 Å². The minimum atomic E-state index is 0.149. The molecule has 3 heteroatoms. The molecule has 1 amide bonds. The van der Waals surface area contributed by atoms with Crippen LogP contribution >= 0.6 is 0 Å². The van der Waals surface area contributed by atoms with Crippen molar-refractivity contribution in [1.82, 2.24) is 5.32 Å². The predicted molar refractivity (Wildman–Crippen MR) is 65.0 cm³/mol. The number of allylic oxidation sites excluding steroid dienone is 2. The van der Waals surface area contributed by atoms with Crippen LogP contribution in [-0.2, 0) is 4.79 Å². The maximum Gasteiger partial charge on any atom is 0.223 e. The van der Waals surface area contributed by atoms with E-state index in [1.54, 1.807) is 0 Å². The molecule has 0 spiro atoms. The maximum atomic E-state index is 11.7. The minimum Gasteiger partial charge on any atom is -0.396 e. The molecule has 16 heavy (non-hydrogen) atoms. The van der Waals surface area contributed by atoms with Crippen LogP contribution in [-0.4, -0.2) is 24.2 Å². The van der Waals surface area contributed by atoms with Gasteiger partial charge in [-0.05, 0) is 31.6 Å². The molecule has 0 saturated carbocycles. The normalized spacial score (nSPS) is 17.6. The SMILES string of the molecule is CCCC(CCO)CNC(=O)C1CC=CC1. The van der Waals surface area contributed by atoms with Crippen LogP contribution in [0.1, 0.15) is 39.0 Å². The maximum absolute atomic E-state index is 11.7. The van der Waals surface area contributed by atoms with E-state index >= 15 is 0 Å². The monoisotopic (exact) mass is 225 g/mol. The number of aliphatic hydroxyl groups is 1. The summed E-state index contributed by atoms with van der Waals surface area (Å²) in [7, 11) is 0. The zero-order valence-corrected chi connectivity index (χ0v) is 10.1. The summed E-state index contributed by atoms with van der Waals surface area (Å²) in [4.78, 5) is 11.7. The molecule has 0 aromatic carbocycles. The Labute approximate surface area is 97.9 Å². The number of aliphatic hydroxyl groups excluding tert-OH is 1. The summed E-state index contributed by atoms with van der Waals surface area (Å²) in [5, 5.41) is 11.9. The fourth-order valence-corrected chi connectivity index (χ4v) is 2.16. The second-order valence-electron chi connectivity index (χ2n) is 4.55. The van der Waals surface area contributed by atoms with Crippen LogP contribution in [0.4, 0.5) is 0 Å². The third kappa shape index (κ3) is 4.35. The minimum absolute atomic E-state index is 0.149. The largest absolute Gasteiger partial charge is 0.396 e. The van der Waals surface area contributed by atoms with Crippen molar-refractivity contribution in [3.8, 4) is 0 Å². The van der Waals surface area contributed by atoms with Gasteiger partial charge in [-0.2, -0.15) is 0 Å². The fourth-order valence-electron chi connectivity index (χ4n) is 2.16. The van der Waals surface area contributed by atoms with Crippen molar-refractivity contribution in [2.24, 2.45) is 11.8 Å². The lowest BCUT2D eigenvalue weighted by Crippen LogP contribution is -2.33. The van der Waals surface area contributed by atoms with E-state index in [1.165, 1.54) is 0 Å². The van der Waals surface area contributed by atoms with E-state index in [0.717, 1.165) is 32.1 Å². The smallest absolute Gasteiger partial charge is 0.223 e. The van der Waals surface area contributed by atoms with E-state index < -0.39 is 0 Å². The van der Waals surface area contributed by atoms with Crippen LogP contribution in [0.25, 0.3) is 0 Å². The molecular weight excluding hydrogens is 202 g/mol. The van der Waals surface area contributed by atoms with Gasteiger partial charge in [0.15, 0.2) is 0 Å². The summed E-state index contributed by atoms with van der Waals surface area (Å²) in [6, 6.07) is 0. The Morgan fingerprint density at radius 2 is 2.12 bits per heavy atom. The van der Waals surface area contributed by atoms with Gasteiger partial charge < -0.3 is 10.4 Å². The Hall–Kier alpha value is -0.830. The zero-order chi connectivity index (χ0) is 11.8. The van der Waals surface area contributed by atoms with Crippen molar-refractivity contribution >= 4 is 5.91 Å².